The predicted molar refractivity (Wildman–Crippen MR) is 105 cm³/mol. The standard InChI is InChI=1S/C22H25N3O4/c1-14-4-3-5-15(10-14)11-25-13-22-7-6-16(29-22)18(19(22)21(25)28)20(27)24-9-8-23(2)17(26)12-24/h3-7,10,16,18-19H,8-9,11-13H2,1-2H3/t16-,18-,19-,22-/m0/s1. The van der Waals surface area contributed by atoms with E-state index in [1.807, 2.05) is 37.3 Å². The van der Waals surface area contributed by atoms with Crippen LogP contribution in [0.2, 0.25) is 0 Å². The number of benzene rings is 1. The van der Waals surface area contributed by atoms with Crippen LogP contribution in [0.1, 0.15) is 11.1 Å². The first-order valence-electron chi connectivity index (χ1n) is 10.1. The van der Waals surface area contributed by atoms with E-state index in [4.69, 9.17) is 4.74 Å². The Morgan fingerprint density at radius 1 is 1.28 bits per heavy atom. The summed E-state index contributed by atoms with van der Waals surface area (Å²) in [5.41, 5.74) is 1.50. The summed E-state index contributed by atoms with van der Waals surface area (Å²) in [7, 11) is 1.74. The van der Waals surface area contributed by atoms with E-state index >= 15 is 0 Å². The maximum atomic E-state index is 13.3. The molecule has 4 aliphatic heterocycles. The zero-order valence-corrected chi connectivity index (χ0v) is 16.7. The Hall–Kier alpha value is -2.67. The highest BCUT2D eigenvalue weighted by molar-refractivity contribution is 5.94. The van der Waals surface area contributed by atoms with Crippen LogP contribution in [0, 0.1) is 18.8 Å². The fourth-order valence-electron chi connectivity index (χ4n) is 5.18. The Morgan fingerprint density at radius 3 is 2.86 bits per heavy atom. The second kappa shape index (κ2) is 6.42. The summed E-state index contributed by atoms with van der Waals surface area (Å²) in [6, 6.07) is 8.11. The van der Waals surface area contributed by atoms with Crippen molar-refractivity contribution >= 4 is 17.7 Å². The summed E-state index contributed by atoms with van der Waals surface area (Å²) < 4.78 is 6.20. The zero-order chi connectivity index (χ0) is 20.3. The normalized spacial score (nSPS) is 33.0. The van der Waals surface area contributed by atoms with Crippen molar-refractivity contribution in [2.45, 2.75) is 25.2 Å². The molecular formula is C22H25N3O4. The number of piperazine rings is 1. The molecular weight excluding hydrogens is 370 g/mol. The van der Waals surface area contributed by atoms with E-state index in [0.717, 1.165) is 11.1 Å². The topological polar surface area (TPSA) is 70.2 Å². The summed E-state index contributed by atoms with van der Waals surface area (Å²) >= 11 is 0. The van der Waals surface area contributed by atoms with E-state index < -0.39 is 17.4 Å². The molecule has 3 amide bonds. The van der Waals surface area contributed by atoms with Crippen LogP contribution in [-0.2, 0) is 25.7 Å². The summed E-state index contributed by atoms with van der Waals surface area (Å²) in [5, 5.41) is 0. The average Bonchev–Trinajstić information content (AvgIpc) is 3.32. The zero-order valence-electron chi connectivity index (χ0n) is 16.7. The quantitative estimate of drug-likeness (QED) is 0.702. The molecule has 0 unspecified atom stereocenters. The molecule has 3 saturated heterocycles. The molecule has 1 aromatic carbocycles. The van der Waals surface area contributed by atoms with Crippen LogP contribution in [0.15, 0.2) is 36.4 Å². The minimum Gasteiger partial charge on any atom is -0.360 e. The van der Waals surface area contributed by atoms with Crippen LogP contribution in [0.25, 0.3) is 0 Å². The molecule has 1 aromatic rings. The number of likely N-dealkylation sites (tertiary alicyclic amines) is 1. The third-order valence-corrected chi connectivity index (χ3v) is 6.69. The number of ether oxygens (including phenoxy) is 1. The highest BCUT2D eigenvalue weighted by Gasteiger charge is 2.67. The Balaban J connectivity index is 1.38. The van der Waals surface area contributed by atoms with Gasteiger partial charge >= 0.3 is 0 Å². The molecule has 2 bridgehead atoms. The van der Waals surface area contributed by atoms with Crippen molar-refractivity contribution in [1.82, 2.24) is 14.7 Å². The van der Waals surface area contributed by atoms with Gasteiger partial charge in [0.1, 0.15) is 5.60 Å². The first-order chi connectivity index (χ1) is 13.9. The first kappa shape index (κ1) is 18.4. The van der Waals surface area contributed by atoms with Crippen LogP contribution in [0.5, 0.6) is 0 Å². The molecule has 29 heavy (non-hydrogen) atoms. The fraction of sp³-hybridized carbons (Fsp3) is 0.500. The molecule has 0 aliphatic carbocycles. The van der Waals surface area contributed by atoms with Crippen molar-refractivity contribution in [2.24, 2.45) is 11.8 Å². The van der Waals surface area contributed by atoms with Crippen molar-refractivity contribution in [2.75, 3.05) is 33.2 Å². The van der Waals surface area contributed by atoms with Crippen molar-refractivity contribution in [3.8, 4) is 0 Å². The maximum Gasteiger partial charge on any atom is 0.241 e. The van der Waals surface area contributed by atoms with Crippen LogP contribution in [0.4, 0.5) is 0 Å². The minimum absolute atomic E-state index is 0.0304. The third kappa shape index (κ3) is 2.79. The lowest BCUT2D eigenvalue weighted by molar-refractivity contribution is -0.149. The van der Waals surface area contributed by atoms with Gasteiger partial charge in [0.25, 0.3) is 0 Å². The van der Waals surface area contributed by atoms with E-state index in [9.17, 15) is 14.4 Å². The molecule has 4 atom stereocenters. The minimum atomic E-state index is -0.720. The van der Waals surface area contributed by atoms with Crippen molar-refractivity contribution < 1.29 is 19.1 Å². The number of carbonyl (C=O) groups is 3. The molecule has 0 N–H and O–H groups in total. The third-order valence-electron chi connectivity index (χ3n) is 6.69. The van der Waals surface area contributed by atoms with Crippen LogP contribution in [-0.4, -0.2) is 77.4 Å². The Kier molecular flexibility index (Phi) is 4.07. The molecule has 4 heterocycles. The number of carbonyl (C=O) groups excluding carboxylic acids is 3. The number of amides is 3. The van der Waals surface area contributed by atoms with Gasteiger partial charge in [0.05, 0.1) is 31.0 Å². The summed E-state index contributed by atoms with van der Waals surface area (Å²) in [5.74, 6) is -1.30. The molecule has 0 saturated carbocycles. The van der Waals surface area contributed by atoms with Gasteiger partial charge in [-0.15, -0.1) is 0 Å². The van der Waals surface area contributed by atoms with Gasteiger partial charge in [0, 0.05) is 26.7 Å². The number of hydrogen-bond acceptors (Lipinski definition) is 4. The average molecular weight is 395 g/mol. The SMILES string of the molecule is Cc1cccc(CN2C[C@]34C=C[C@H](O3)[C@H](C(=O)N3CCN(C)C(=O)C3)[C@H]4C2=O)c1. The molecule has 5 rings (SSSR count). The number of likely N-dealkylation sites (N-methyl/N-ethyl adjacent to an activating group) is 1. The molecule has 0 radical (unpaired) electrons. The van der Waals surface area contributed by atoms with E-state index in [1.165, 1.54) is 0 Å². The van der Waals surface area contributed by atoms with Gasteiger partial charge in [-0.2, -0.15) is 0 Å². The van der Waals surface area contributed by atoms with Gasteiger partial charge in [-0.05, 0) is 12.5 Å². The van der Waals surface area contributed by atoms with E-state index in [-0.39, 0.29) is 30.4 Å². The largest absolute Gasteiger partial charge is 0.360 e. The van der Waals surface area contributed by atoms with Gasteiger partial charge in [0.15, 0.2) is 0 Å². The lowest BCUT2D eigenvalue weighted by atomic mass is 9.76. The molecule has 0 aromatic heterocycles. The second-order valence-corrected chi connectivity index (χ2v) is 8.66. The monoisotopic (exact) mass is 395 g/mol. The van der Waals surface area contributed by atoms with Crippen LogP contribution >= 0.6 is 0 Å². The number of fused-ring (bicyclic) bond motifs is 1. The van der Waals surface area contributed by atoms with Gasteiger partial charge in [0.2, 0.25) is 17.7 Å². The highest BCUT2D eigenvalue weighted by atomic mass is 16.5. The van der Waals surface area contributed by atoms with Crippen LogP contribution in [0.3, 0.4) is 0 Å². The first-order valence-corrected chi connectivity index (χ1v) is 10.1. The maximum absolute atomic E-state index is 13.3. The van der Waals surface area contributed by atoms with Gasteiger partial charge in [-0.1, -0.05) is 42.0 Å². The lowest BCUT2D eigenvalue weighted by Gasteiger charge is -2.35. The lowest BCUT2D eigenvalue weighted by Crippen LogP contribution is -2.54. The van der Waals surface area contributed by atoms with Crippen molar-refractivity contribution in [3.05, 3.63) is 47.5 Å². The smallest absolute Gasteiger partial charge is 0.241 e. The highest BCUT2D eigenvalue weighted by Crippen LogP contribution is 2.52. The van der Waals surface area contributed by atoms with E-state index in [1.54, 1.807) is 21.7 Å². The van der Waals surface area contributed by atoms with Gasteiger partial charge < -0.3 is 19.4 Å². The molecule has 4 aliphatic rings. The fourth-order valence-corrected chi connectivity index (χ4v) is 5.18. The second-order valence-electron chi connectivity index (χ2n) is 8.66. The Labute approximate surface area is 169 Å². The molecule has 7 heteroatoms. The van der Waals surface area contributed by atoms with Gasteiger partial charge in [-0.25, -0.2) is 0 Å². The molecule has 152 valence electrons. The molecule has 1 spiro atoms. The predicted octanol–water partition coefficient (Wildman–Crippen LogP) is 0.578. The Bertz CT molecular complexity index is 928. The van der Waals surface area contributed by atoms with E-state index in [2.05, 4.69) is 6.07 Å². The number of rotatable bonds is 3. The van der Waals surface area contributed by atoms with Crippen molar-refractivity contribution in [3.63, 3.8) is 0 Å². The molecule has 3 fully saturated rings. The Morgan fingerprint density at radius 2 is 2.10 bits per heavy atom. The number of nitrogens with zero attached hydrogens (tertiary/aromatic N) is 3. The number of hydrogen-bond donors (Lipinski definition) is 0. The summed E-state index contributed by atoms with van der Waals surface area (Å²) in [4.78, 5) is 43.7. The summed E-state index contributed by atoms with van der Waals surface area (Å²) in [6.45, 7) is 4.08. The van der Waals surface area contributed by atoms with Crippen LogP contribution < -0.4 is 0 Å². The van der Waals surface area contributed by atoms with E-state index in [0.29, 0.717) is 26.2 Å². The number of aryl methyl sites for hydroxylation is 1. The van der Waals surface area contributed by atoms with Gasteiger partial charge in [-0.3, -0.25) is 14.4 Å². The molecule has 7 nitrogen and oxygen atoms in total. The van der Waals surface area contributed by atoms with Crippen molar-refractivity contribution in [1.29, 1.82) is 0 Å². The summed E-state index contributed by atoms with van der Waals surface area (Å²) in [6.07, 6.45) is 3.50.